The normalized spacial score (nSPS) is 17.7. The van der Waals surface area contributed by atoms with Gasteiger partial charge in [-0.25, -0.2) is 4.68 Å². The molecule has 0 bridgehead atoms. The summed E-state index contributed by atoms with van der Waals surface area (Å²) in [7, 11) is 0. The number of nitrogens with one attached hydrogen (secondary N) is 1. The molecule has 2 aromatic carbocycles. The summed E-state index contributed by atoms with van der Waals surface area (Å²) in [6.45, 7) is 1.83. The molecule has 4 heteroatoms. The van der Waals surface area contributed by atoms with Crippen LogP contribution in [0.1, 0.15) is 11.5 Å². The SMILES string of the molecule is Nc1ccc2nn3c(c2c1)NCC(c1ccccc1)C3. The Hall–Kier alpha value is -2.49. The molecular weight excluding hydrogens is 248 g/mol. The van der Waals surface area contributed by atoms with Crippen LogP contribution in [0, 0.1) is 0 Å². The number of hydrogen-bond acceptors (Lipinski definition) is 3. The third-order valence-corrected chi connectivity index (χ3v) is 3.94. The van der Waals surface area contributed by atoms with Crippen LogP contribution >= 0.6 is 0 Å². The van der Waals surface area contributed by atoms with Crippen molar-refractivity contribution in [1.82, 2.24) is 9.78 Å². The second-order valence-corrected chi connectivity index (χ2v) is 5.30. The number of aromatic nitrogens is 2. The van der Waals surface area contributed by atoms with Gasteiger partial charge in [0.2, 0.25) is 0 Å². The van der Waals surface area contributed by atoms with Crippen LogP contribution in [0.4, 0.5) is 11.5 Å². The number of benzene rings is 2. The lowest BCUT2D eigenvalue weighted by Crippen LogP contribution is -2.26. The van der Waals surface area contributed by atoms with Gasteiger partial charge in [-0.3, -0.25) is 0 Å². The number of nitrogen functional groups attached to an aromatic ring is 1. The van der Waals surface area contributed by atoms with Crippen LogP contribution in [0.15, 0.2) is 48.5 Å². The first kappa shape index (κ1) is 11.3. The summed E-state index contributed by atoms with van der Waals surface area (Å²) in [5.74, 6) is 1.54. The van der Waals surface area contributed by atoms with E-state index in [-0.39, 0.29) is 0 Å². The standard InChI is InChI=1S/C16H16N4/c17-13-6-7-15-14(8-13)16-18-9-12(10-20(16)19-15)11-4-2-1-3-5-11/h1-8,12,18H,9-10,17H2. The molecule has 1 unspecified atom stereocenters. The molecule has 0 radical (unpaired) electrons. The van der Waals surface area contributed by atoms with Crippen LogP contribution in [0.2, 0.25) is 0 Å². The van der Waals surface area contributed by atoms with Crippen molar-refractivity contribution in [3.8, 4) is 0 Å². The van der Waals surface area contributed by atoms with Gasteiger partial charge in [-0.2, -0.15) is 5.10 Å². The molecular formula is C16H16N4. The molecule has 0 fully saturated rings. The molecule has 0 spiro atoms. The van der Waals surface area contributed by atoms with E-state index in [1.165, 1.54) is 5.56 Å². The first-order chi connectivity index (χ1) is 9.81. The molecule has 3 aromatic rings. The Morgan fingerprint density at radius 3 is 2.85 bits per heavy atom. The molecule has 20 heavy (non-hydrogen) atoms. The minimum Gasteiger partial charge on any atom is -0.399 e. The summed E-state index contributed by atoms with van der Waals surface area (Å²) in [5.41, 5.74) is 9.00. The van der Waals surface area contributed by atoms with Crippen molar-refractivity contribution in [2.45, 2.75) is 12.5 Å². The maximum Gasteiger partial charge on any atom is 0.132 e. The largest absolute Gasteiger partial charge is 0.399 e. The first-order valence-corrected chi connectivity index (χ1v) is 6.86. The maximum atomic E-state index is 5.87. The van der Waals surface area contributed by atoms with Gasteiger partial charge >= 0.3 is 0 Å². The van der Waals surface area contributed by atoms with E-state index >= 15 is 0 Å². The molecule has 1 atom stereocenters. The molecule has 0 saturated heterocycles. The summed E-state index contributed by atoms with van der Waals surface area (Å²) in [6.07, 6.45) is 0. The number of rotatable bonds is 1. The summed E-state index contributed by atoms with van der Waals surface area (Å²) in [6, 6.07) is 16.5. The quantitative estimate of drug-likeness (QED) is 0.664. The van der Waals surface area contributed by atoms with Crippen molar-refractivity contribution < 1.29 is 0 Å². The van der Waals surface area contributed by atoms with Crippen molar-refractivity contribution in [2.75, 3.05) is 17.6 Å². The molecule has 3 N–H and O–H groups in total. The van der Waals surface area contributed by atoms with Gasteiger partial charge in [-0.15, -0.1) is 0 Å². The highest BCUT2D eigenvalue weighted by Crippen LogP contribution is 2.31. The maximum absolute atomic E-state index is 5.87. The summed E-state index contributed by atoms with van der Waals surface area (Å²) < 4.78 is 2.06. The van der Waals surface area contributed by atoms with E-state index in [1.807, 2.05) is 18.2 Å². The van der Waals surface area contributed by atoms with E-state index in [4.69, 9.17) is 5.73 Å². The zero-order chi connectivity index (χ0) is 13.5. The number of hydrogen-bond donors (Lipinski definition) is 2. The van der Waals surface area contributed by atoms with Crippen LogP contribution < -0.4 is 11.1 Å². The fourth-order valence-electron chi connectivity index (χ4n) is 2.91. The van der Waals surface area contributed by atoms with Crippen LogP contribution in [0.5, 0.6) is 0 Å². The third kappa shape index (κ3) is 1.72. The lowest BCUT2D eigenvalue weighted by molar-refractivity contribution is 0.509. The molecule has 0 aliphatic carbocycles. The van der Waals surface area contributed by atoms with Crippen LogP contribution in [0.3, 0.4) is 0 Å². The second kappa shape index (κ2) is 4.27. The Kier molecular flexibility index (Phi) is 2.42. The van der Waals surface area contributed by atoms with Crippen molar-refractivity contribution in [3.05, 3.63) is 54.1 Å². The summed E-state index contributed by atoms with van der Waals surface area (Å²) in [5, 5.41) is 9.28. The lowest BCUT2D eigenvalue weighted by atomic mass is 9.98. The molecule has 100 valence electrons. The highest BCUT2D eigenvalue weighted by Gasteiger charge is 2.22. The average molecular weight is 264 g/mol. The van der Waals surface area contributed by atoms with Crippen LogP contribution in [0.25, 0.3) is 10.9 Å². The Bertz CT molecular complexity index is 761. The number of fused-ring (bicyclic) bond motifs is 3. The van der Waals surface area contributed by atoms with Crippen LogP contribution in [-0.2, 0) is 6.54 Å². The molecule has 1 aliphatic heterocycles. The fourth-order valence-corrected chi connectivity index (χ4v) is 2.91. The van der Waals surface area contributed by atoms with Gasteiger partial charge in [0, 0.05) is 23.5 Å². The molecule has 4 nitrogen and oxygen atoms in total. The number of anilines is 2. The molecule has 2 heterocycles. The van der Waals surface area contributed by atoms with E-state index in [0.29, 0.717) is 5.92 Å². The van der Waals surface area contributed by atoms with Gasteiger partial charge in [-0.1, -0.05) is 30.3 Å². The van der Waals surface area contributed by atoms with Gasteiger partial charge < -0.3 is 11.1 Å². The van der Waals surface area contributed by atoms with Gasteiger partial charge in [0.25, 0.3) is 0 Å². The van der Waals surface area contributed by atoms with E-state index in [0.717, 1.165) is 35.5 Å². The van der Waals surface area contributed by atoms with E-state index in [1.54, 1.807) is 0 Å². The molecule has 0 saturated carbocycles. The fraction of sp³-hybridized carbons (Fsp3) is 0.188. The Morgan fingerprint density at radius 1 is 1.15 bits per heavy atom. The van der Waals surface area contributed by atoms with Crippen molar-refractivity contribution >= 4 is 22.4 Å². The molecule has 1 aliphatic rings. The summed E-state index contributed by atoms with van der Waals surface area (Å²) >= 11 is 0. The average Bonchev–Trinajstić information content (AvgIpc) is 2.85. The Balaban J connectivity index is 1.75. The zero-order valence-electron chi connectivity index (χ0n) is 11.1. The minimum atomic E-state index is 0.454. The van der Waals surface area contributed by atoms with Gasteiger partial charge in [0.15, 0.2) is 0 Å². The number of nitrogens with zero attached hydrogens (tertiary/aromatic N) is 2. The third-order valence-electron chi connectivity index (χ3n) is 3.94. The topological polar surface area (TPSA) is 55.9 Å². The smallest absolute Gasteiger partial charge is 0.132 e. The predicted octanol–water partition coefficient (Wildman–Crippen LogP) is 2.83. The van der Waals surface area contributed by atoms with Crippen molar-refractivity contribution in [3.63, 3.8) is 0 Å². The van der Waals surface area contributed by atoms with Crippen molar-refractivity contribution in [2.24, 2.45) is 0 Å². The van der Waals surface area contributed by atoms with Gasteiger partial charge in [-0.05, 0) is 23.8 Å². The minimum absolute atomic E-state index is 0.454. The van der Waals surface area contributed by atoms with E-state index in [9.17, 15) is 0 Å². The van der Waals surface area contributed by atoms with Gasteiger partial charge in [0.1, 0.15) is 5.82 Å². The van der Waals surface area contributed by atoms with Gasteiger partial charge in [0.05, 0.1) is 12.1 Å². The Labute approximate surface area is 117 Å². The van der Waals surface area contributed by atoms with E-state index < -0.39 is 0 Å². The summed E-state index contributed by atoms with van der Waals surface area (Å²) in [4.78, 5) is 0. The lowest BCUT2D eigenvalue weighted by Gasteiger charge is -2.25. The highest BCUT2D eigenvalue weighted by atomic mass is 15.3. The Morgan fingerprint density at radius 2 is 2.00 bits per heavy atom. The first-order valence-electron chi connectivity index (χ1n) is 6.86. The number of nitrogens with two attached hydrogens (primary N) is 1. The second-order valence-electron chi connectivity index (χ2n) is 5.30. The molecule has 4 rings (SSSR count). The highest BCUT2D eigenvalue weighted by molar-refractivity contribution is 5.92. The predicted molar refractivity (Wildman–Crippen MR) is 81.8 cm³/mol. The molecule has 1 aromatic heterocycles. The van der Waals surface area contributed by atoms with Crippen LogP contribution in [-0.4, -0.2) is 16.3 Å². The van der Waals surface area contributed by atoms with Crippen molar-refractivity contribution in [1.29, 1.82) is 0 Å². The van der Waals surface area contributed by atoms with E-state index in [2.05, 4.69) is 45.4 Å². The molecule has 0 amide bonds. The zero-order valence-corrected chi connectivity index (χ0v) is 11.1. The monoisotopic (exact) mass is 264 g/mol.